The molecule has 7 heteroatoms. The fourth-order valence-electron chi connectivity index (χ4n) is 1.67. The summed E-state index contributed by atoms with van der Waals surface area (Å²) in [7, 11) is -3.75. The summed E-state index contributed by atoms with van der Waals surface area (Å²) in [6.45, 7) is 4.19. The Morgan fingerprint density at radius 2 is 2.15 bits per heavy atom. The average Bonchev–Trinajstić information content (AvgIpc) is 2.94. The molecule has 0 N–H and O–H groups in total. The minimum atomic E-state index is -3.75. The van der Waals surface area contributed by atoms with E-state index < -0.39 is 10.0 Å². The number of hydrogen-bond donors (Lipinski definition) is 0. The van der Waals surface area contributed by atoms with Gasteiger partial charge in [0.05, 0.1) is 6.61 Å². The summed E-state index contributed by atoms with van der Waals surface area (Å²) in [6, 6.07) is 3.05. The highest BCUT2D eigenvalue weighted by atomic mass is 35.5. The molecular weight excluding hydrogens is 300 g/mol. The van der Waals surface area contributed by atoms with E-state index in [4.69, 9.17) is 16.3 Å². The molecule has 0 aliphatic heterocycles. The predicted octanol–water partition coefficient (Wildman–Crippen LogP) is 2.87. The van der Waals surface area contributed by atoms with Crippen LogP contribution in [0.1, 0.15) is 18.9 Å². The molecule has 0 amide bonds. The lowest BCUT2D eigenvalue weighted by Crippen LogP contribution is -2.13. The van der Waals surface area contributed by atoms with Crippen molar-refractivity contribution in [1.29, 1.82) is 0 Å². The van der Waals surface area contributed by atoms with E-state index in [2.05, 4.69) is 4.98 Å². The van der Waals surface area contributed by atoms with Crippen molar-refractivity contribution in [2.45, 2.75) is 25.2 Å². The summed E-state index contributed by atoms with van der Waals surface area (Å²) in [5.41, 5.74) is 0.766. The molecule has 2 aromatic rings. The van der Waals surface area contributed by atoms with Crippen molar-refractivity contribution in [1.82, 2.24) is 8.96 Å². The van der Waals surface area contributed by atoms with Crippen molar-refractivity contribution in [2.24, 2.45) is 0 Å². The largest absolute Gasteiger partial charge is 0.492 e. The van der Waals surface area contributed by atoms with Gasteiger partial charge in [0, 0.05) is 17.4 Å². The van der Waals surface area contributed by atoms with E-state index in [1.54, 1.807) is 13.0 Å². The van der Waals surface area contributed by atoms with Gasteiger partial charge in [0.2, 0.25) is 0 Å². The Labute approximate surface area is 123 Å². The smallest absolute Gasteiger partial charge is 0.272 e. The number of nitrogens with zero attached hydrogens (tertiary/aromatic N) is 2. The molecule has 0 saturated carbocycles. The van der Waals surface area contributed by atoms with Gasteiger partial charge >= 0.3 is 0 Å². The van der Waals surface area contributed by atoms with Crippen LogP contribution in [0.15, 0.2) is 35.7 Å². The highest BCUT2D eigenvalue weighted by molar-refractivity contribution is 7.90. The van der Waals surface area contributed by atoms with Crippen LogP contribution in [0.25, 0.3) is 0 Å². The summed E-state index contributed by atoms with van der Waals surface area (Å²) < 4.78 is 31.6. The van der Waals surface area contributed by atoms with Gasteiger partial charge in [-0.2, -0.15) is 0 Å². The third kappa shape index (κ3) is 2.81. The van der Waals surface area contributed by atoms with Crippen LogP contribution in [0.3, 0.4) is 0 Å². The number of hydrogen-bond acceptors (Lipinski definition) is 4. The molecule has 0 aliphatic carbocycles. The van der Waals surface area contributed by atoms with Gasteiger partial charge in [0.15, 0.2) is 0 Å². The lowest BCUT2D eigenvalue weighted by atomic mass is 10.2. The van der Waals surface area contributed by atoms with Crippen molar-refractivity contribution >= 4 is 21.6 Å². The maximum Gasteiger partial charge on any atom is 0.272 e. The number of rotatable bonds is 5. The van der Waals surface area contributed by atoms with Crippen LogP contribution in [0.5, 0.6) is 5.75 Å². The monoisotopic (exact) mass is 314 g/mol. The Bertz CT molecular complexity index is 697. The number of aryl methyl sites for hydroxylation is 1. The molecule has 0 fully saturated rings. The van der Waals surface area contributed by atoms with Crippen LogP contribution >= 0.6 is 11.6 Å². The summed E-state index contributed by atoms with van der Waals surface area (Å²) in [6.07, 6.45) is 4.78. The molecule has 108 valence electrons. The molecule has 1 aromatic heterocycles. The van der Waals surface area contributed by atoms with Crippen LogP contribution in [-0.2, 0) is 10.0 Å². The van der Waals surface area contributed by atoms with E-state index in [9.17, 15) is 8.42 Å². The van der Waals surface area contributed by atoms with Crippen LogP contribution in [0.2, 0.25) is 5.02 Å². The van der Waals surface area contributed by atoms with Gasteiger partial charge in [-0.1, -0.05) is 18.5 Å². The Hall–Kier alpha value is -1.53. The number of aromatic nitrogens is 2. The molecule has 2 rings (SSSR count). The standard InChI is InChI=1S/C13H15ClN2O3S/c1-3-6-19-12-7-10(2)11(14)8-13(12)20(17,18)16-5-4-15-9-16/h4-5,7-9H,3,6H2,1-2H3. The molecule has 0 unspecified atom stereocenters. The Kier molecular flexibility index (Phi) is 4.35. The minimum absolute atomic E-state index is 0.0413. The van der Waals surface area contributed by atoms with Gasteiger partial charge in [-0.25, -0.2) is 17.4 Å². The molecule has 0 aliphatic rings. The molecule has 5 nitrogen and oxygen atoms in total. The molecular formula is C13H15ClN2O3S. The van der Waals surface area contributed by atoms with Crippen molar-refractivity contribution in [3.05, 3.63) is 41.4 Å². The molecule has 1 aromatic carbocycles. The molecule has 20 heavy (non-hydrogen) atoms. The van der Waals surface area contributed by atoms with Crippen LogP contribution in [-0.4, -0.2) is 24.0 Å². The second-order valence-corrected chi connectivity index (χ2v) is 6.51. The lowest BCUT2D eigenvalue weighted by Gasteiger charge is -2.13. The molecule has 0 atom stereocenters. The van der Waals surface area contributed by atoms with Gasteiger partial charge in [0.25, 0.3) is 10.0 Å². The topological polar surface area (TPSA) is 61.2 Å². The van der Waals surface area contributed by atoms with E-state index in [1.807, 2.05) is 6.92 Å². The van der Waals surface area contributed by atoms with Crippen molar-refractivity contribution < 1.29 is 13.2 Å². The quantitative estimate of drug-likeness (QED) is 0.851. The Balaban J connectivity index is 2.57. The first-order chi connectivity index (χ1) is 9.46. The lowest BCUT2D eigenvalue weighted by molar-refractivity contribution is 0.309. The van der Waals surface area contributed by atoms with Crippen LogP contribution < -0.4 is 4.74 Å². The zero-order chi connectivity index (χ0) is 14.8. The van der Waals surface area contributed by atoms with Crippen LogP contribution in [0.4, 0.5) is 0 Å². The first-order valence-electron chi connectivity index (χ1n) is 6.13. The predicted molar refractivity (Wildman–Crippen MR) is 76.8 cm³/mol. The van der Waals surface area contributed by atoms with Gasteiger partial charge < -0.3 is 4.74 Å². The summed E-state index contributed by atoms with van der Waals surface area (Å²) >= 11 is 6.04. The highest BCUT2D eigenvalue weighted by Crippen LogP contribution is 2.31. The first-order valence-corrected chi connectivity index (χ1v) is 7.95. The van der Waals surface area contributed by atoms with Gasteiger partial charge in [-0.3, -0.25) is 0 Å². The molecule has 0 spiro atoms. The zero-order valence-corrected chi connectivity index (χ0v) is 12.8. The third-order valence-electron chi connectivity index (χ3n) is 2.72. The zero-order valence-electron chi connectivity index (χ0n) is 11.2. The number of ether oxygens (including phenoxy) is 1. The van der Waals surface area contributed by atoms with Crippen molar-refractivity contribution in [2.75, 3.05) is 6.61 Å². The van der Waals surface area contributed by atoms with Gasteiger partial charge in [-0.15, -0.1) is 0 Å². The maximum absolute atomic E-state index is 12.5. The normalized spacial score (nSPS) is 11.6. The third-order valence-corrected chi connectivity index (χ3v) is 4.78. The molecule has 1 heterocycles. The highest BCUT2D eigenvalue weighted by Gasteiger charge is 2.23. The number of imidazole rings is 1. The van der Waals surface area contributed by atoms with E-state index >= 15 is 0 Å². The second kappa shape index (κ2) is 5.85. The number of halogens is 1. The molecule has 0 bridgehead atoms. The fraction of sp³-hybridized carbons (Fsp3) is 0.308. The summed E-state index contributed by atoms with van der Waals surface area (Å²) in [4.78, 5) is 3.80. The van der Waals surface area contributed by atoms with Crippen LogP contribution in [0, 0.1) is 6.92 Å². The van der Waals surface area contributed by atoms with Gasteiger partial charge in [-0.05, 0) is 31.0 Å². The fourth-order valence-corrected chi connectivity index (χ4v) is 3.15. The van der Waals surface area contributed by atoms with E-state index in [0.717, 1.165) is 16.0 Å². The van der Waals surface area contributed by atoms with E-state index in [-0.39, 0.29) is 4.90 Å². The maximum atomic E-state index is 12.5. The van der Waals surface area contributed by atoms with Gasteiger partial charge in [0.1, 0.15) is 17.0 Å². The van der Waals surface area contributed by atoms with Crippen molar-refractivity contribution in [3.8, 4) is 5.75 Å². The SMILES string of the molecule is CCCOc1cc(C)c(Cl)cc1S(=O)(=O)n1ccnc1. The average molecular weight is 315 g/mol. The molecule has 0 saturated heterocycles. The summed E-state index contributed by atoms with van der Waals surface area (Å²) in [5.74, 6) is 0.308. The number of benzene rings is 1. The first kappa shape index (κ1) is 14.9. The minimum Gasteiger partial charge on any atom is -0.492 e. The Morgan fingerprint density at radius 3 is 2.75 bits per heavy atom. The van der Waals surface area contributed by atoms with Crippen molar-refractivity contribution in [3.63, 3.8) is 0 Å². The molecule has 0 radical (unpaired) electrons. The second-order valence-electron chi connectivity index (χ2n) is 4.29. The van der Waals surface area contributed by atoms with E-state index in [1.165, 1.54) is 24.8 Å². The summed E-state index contributed by atoms with van der Waals surface area (Å²) in [5, 5.41) is 0.382. The van der Waals surface area contributed by atoms with E-state index in [0.29, 0.717) is 17.4 Å². The Morgan fingerprint density at radius 1 is 1.40 bits per heavy atom.